The zero-order valence-corrected chi connectivity index (χ0v) is 17.8. The molecule has 1 aliphatic heterocycles. The molecule has 3 nitrogen and oxygen atoms in total. The number of rotatable bonds is 9. The van der Waals surface area contributed by atoms with Gasteiger partial charge >= 0.3 is 0 Å². The summed E-state index contributed by atoms with van der Waals surface area (Å²) in [7, 11) is 0. The highest BCUT2D eigenvalue weighted by Crippen LogP contribution is 2.40. The molecule has 3 heteroatoms. The Balaban J connectivity index is 1.75. The van der Waals surface area contributed by atoms with Crippen molar-refractivity contribution >= 4 is 17.1 Å². The molecular weight excluding hydrogens is 366 g/mol. The van der Waals surface area contributed by atoms with E-state index in [1.807, 2.05) is 0 Å². The van der Waals surface area contributed by atoms with Gasteiger partial charge in [-0.3, -0.25) is 0 Å². The maximum absolute atomic E-state index is 3.44. The van der Waals surface area contributed by atoms with E-state index in [2.05, 4.69) is 113 Å². The minimum atomic E-state index is 0.875. The number of nitrogens with one attached hydrogen (secondary N) is 1. The number of unbranched alkanes of at least 4 members (excludes halogenated alkanes) is 1. The van der Waals surface area contributed by atoms with Crippen LogP contribution in [0.4, 0.5) is 5.69 Å². The van der Waals surface area contributed by atoms with Gasteiger partial charge in [0.15, 0.2) is 0 Å². The van der Waals surface area contributed by atoms with Gasteiger partial charge in [-0.05, 0) is 38.1 Å². The van der Waals surface area contributed by atoms with E-state index in [0.717, 1.165) is 26.3 Å². The van der Waals surface area contributed by atoms with Crippen LogP contribution in [0.1, 0.15) is 30.9 Å². The smallest absolute Gasteiger partial charge is 0.0953 e. The number of hydrogen-bond donors (Lipinski definition) is 1. The normalized spacial score (nSPS) is 13.9. The molecule has 1 N–H and O–H groups in total. The van der Waals surface area contributed by atoms with Crippen molar-refractivity contribution in [1.82, 2.24) is 10.2 Å². The van der Waals surface area contributed by atoms with Crippen LogP contribution in [0.2, 0.25) is 0 Å². The maximum atomic E-state index is 3.44. The molecule has 0 atom stereocenters. The first kappa shape index (κ1) is 20.2. The second kappa shape index (κ2) is 10.1. The molecule has 0 radical (unpaired) electrons. The van der Waals surface area contributed by atoms with Crippen LogP contribution in [0, 0.1) is 0 Å². The molecule has 1 heterocycles. The van der Waals surface area contributed by atoms with Crippen molar-refractivity contribution in [2.75, 3.05) is 31.2 Å². The third kappa shape index (κ3) is 4.58. The fourth-order valence-corrected chi connectivity index (χ4v) is 4.12. The van der Waals surface area contributed by atoms with Crippen LogP contribution in [0.15, 0.2) is 91.0 Å². The average Bonchev–Trinajstić information content (AvgIpc) is 3.20. The lowest BCUT2D eigenvalue weighted by Gasteiger charge is -2.25. The quantitative estimate of drug-likeness (QED) is 0.469. The van der Waals surface area contributed by atoms with E-state index in [4.69, 9.17) is 0 Å². The number of nitrogens with zero attached hydrogens (tertiary/aromatic N) is 2. The van der Waals surface area contributed by atoms with E-state index in [1.165, 1.54) is 41.1 Å². The van der Waals surface area contributed by atoms with Crippen LogP contribution in [-0.4, -0.2) is 31.2 Å². The first-order valence-corrected chi connectivity index (χ1v) is 11.0. The third-order valence-electron chi connectivity index (χ3n) is 5.57. The summed E-state index contributed by atoms with van der Waals surface area (Å²) in [6, 6.07) is 32.4. The van der Waals surface area contributed by atoms with Crippen molar-refractivity contribution in [3.63, 3.8) is 0 Å². The summed E-state index contributed by atoms with van der Waals surface area (Å²) < 4.78 is 0. The van der Waals surface area contributed by atoms with Crippen LogP contribution >= 0.6 is 0 Å². The van der Waals surface area contributed by atoms with E-state index < -0.39 is 0 Å². The van der Waals surface area contributed by atoms with E-state index in [1.54, 1.807) is 0 Å². The SMILES string of the molecule is CCNCCCCN1CN(c2ccccc2)C(c2ccccc2)=C1c1ccccc1. The zero-order chi connectivity index (χ0) is 20.6. The maximum Gasteiger partial charge on any atom is 0.0953 e. The summed E-state index contributed by atoms with van der Waals surface area (Å²) in [6.07, 6.45) is 2.37. The number of hydrogen-bond acceptors (Lipinski definition) is 3. The fourth-order valence-electron chi connectivity index (χ4n) is 4.12. The van der Waals surface area contributed by atoms with E-state index in [0.29, 0.717) is 0 Å². The predicted octanol–water partition coefficient (Wildman–Crippen LogP) is 5.68. The summed E-state index contributed by atoms with van der Waals surface area (Å²) in [5.74, 6) is 0. The highest BCUT2D eigenvalue weighted by Gasteiger charge is 2.31. The standard InChI is InChI=1S/C27H31N3/c1-2-28-20-12-13-21-29-22-30(25-18-10-5-11-19-25)27(24-16-8-4-9-17-24)26(29)23-14-6-3-7-15-23/h3-11,14-19,28H,2,12-13,20-22H2,1H3. The molecule has 30 heavy (non-hydrogen) atoms. The van der Waals surface area contributed by atoms with E-state index in [9.17, 15) is 0 Å². The minimum Gasteiger partial charge on any atom is -0.351 e. The van der Waals surface area contributed by atoms with Crippen LogP contribution < -0.4 is 10.2 Å². The van der Waals surface area contributed by atoms with Crippen molar-refractivity contribution in [2.45, 2.75) is 19.8 Å². The molecule has 3 aromatic carbocycles. The molecule has 0 saturated carbocycles. The molecule has 3 aromatic rings. The number of para-hydroxylation sites is 1. The summed E-state index contributed by atoms with van der Waals surface area (Å²) in [6.45, 7) is 6.22. The van der Waals surface area contributed by atoms with Crippen LogP contribution in [-0.2, 0) is 0 Å². The van der Waals surface area contributed by atoms with Crippen LogP contribution in [0.3, 0.4) is 0 Å². The molecule has 0 bridgehead atoms. The van der Waals surface area contributed by atoms with Gasteiger partial charge in [0.25, 0.3) is 0 Å². The second-order valence-electron chi connectivity index (χ2n) is 7.66. The first-order chi connectivity index (χ1) is 14.9. The Labute approximate surface area is 180 Å². The summed E-state index contributed by atoms with van der Waals surface area (Å²) in [5.41, 5.74) is 6.39. The molecule has 0 unspecified atom stereocenters. The van der Waals surface area contributed by atoms with Crippen LogP contribution in [0.25, 0.3) is 11.4 Å². The topological polar surface area (TPSA) is 18.5 Å². The van der Waals surface area contributed by atoms with Crippen molar-refractivity contribution in [3.05, 3.63) is 102 Å². The lowest BCUT2D eigenvalue weighted by molar-refractivity contribution is 0.408. The molecule has 0 aliphatic carbocycles. The summed E-state index contributed by atoms with van der Waals surface area (Å²) in [4.78, 5) is 5.01. The van der Waals surface area contributed by atoms with Gasteiger partial charge in [0.1, 0.15) is 0 Å². The van der Waals surface area contributed by atoms with Gasteiger partial charge in [0.2, 0.25) is 0 Å². The Morgan fingerprint density at radius 3 is 1.87 bits per heavy atom. The third-order valence-corrected chi connectivity index (χ3v) is 5.57. The van der Waals surface area contributed by atoms with Gasteiger partial charge in [0, 0.05) is 23.4 Å². The van der Waals surface area contributed by atoms with E-state index in [-0.39, 0.29) is 0 Å². The highest BCUT2D eigenvalue weighted by molar-refractivity contribution is 5.99. The molecule has 1 aliphatic rings. The monoisotopic (exact) mass is 397 g/mol. The molecule has 154 valence electrons. The second-order valence-corrected chi connectivity index (χ2v) is 7.66. The number of benzene rings is 3. The molecule has 0 aromatic heterocycles. The van der Waals surface area contributed by atoms with Gasteiger partial charge in [-0.1, -0.05) is 85.8 Å². The zero-order valence-electron chi connectivity index (χ0n) is 17.8. The molecule has 0 spiro atoms. The lowest BCUT2D eigenvalue weighted by Crippen LogP contribution is -2.28. The van der Waals surface area contributed by atoms with Gasteiger partial charge in [0.05, 0.1) is 18.1 Å². The summed E-state index contributed by atoms with van der Waals surface area (Å²) >= 11 is 0. The van der Waals surface area contributed by atoms with Crippen LogP contribution in [0.5, 0.6) is 0 Å². The highest BCUT2D eigenvalue weighted by atomic mass is 15.4. The molecule has 4 rings (SSSR count). The van der Waals surface area contributed by atoms with Crippen molar-refractivity contribution < 1.29 is 0 Å². The largest absolute Gasteiger partial charge is 0.351 e. The first-order valence-electron chi connectivity index (χ1n) is 11.0. The molecule has 0 fully saturated rings. The minimum absolute atomic E-state index is 0.875. The Morgan fingerprint density at radius 2 is 1.27 bits per heavy atom. The van der Waals surface area contributed by atoms with Gasteiger partial charge < -0.3 is 15.1 Å². The predicted molar refractivity (Wildman–Crippen MR) is 128 cm³/mol. The lowest BCUT2D eigenvalue weighted by atomic mass is 10.0. The Morgan fingerprint density at radius 1 is 0.700 bits per heavy atom. The number of anilines is 1. The Hall–Kier alpha value is -3.04. The van der Waals surface area contributed by atoms with Crippen molar-refractivity contribution in [1.29, 1.82) is 0 Å². The van der Waals surface area contributed by atoms with E-state index >= 15 is 0 Å². The van der Waals surface area contributed by atoms with Gasteiger partial charge in [-0.15, -0.1) is 0 Å². The van der Waals surface area contributed by atoms with Crippen molar-refractivity contribution in [3.8, 4) is 0 Å². The van der Waals surface area contributed by atoms with Gasteiger partial charge in [-0.2, -0.15) is 0 Å². The van der Waals surface area contributed by atoms with Gasteiger partial charge in [-0.25, -0.2) is 0 Å². The molecular formula is C27H31N3. The Bertz CT molecular complexity index is 936. The van der Waals surface area contributed by atoms with Crippen molar-refractivity contribution in [2.24, 2.45) is 0 Å². The fraction of sp³-hybridized carbons (Fsp3) is 0.259. The molecule has 0 amide bonds. The Kier molecular flexibility index (Phi) is 6.83. The summed E-state index contributed by atoms with van der Waals surface area (Å²) in [5, 5.41) is 3.44. The average molecular weight is 398 g/mol. The molecule has 0 saturated heterocycles.